The van der Waals surface area contributed by atoms with Gasteiger partial charge in [-0.15, -0.1) is 11.3 Å². The van der Waals surface area contributed by atoms with Crippen LogP contribution in [0.2, 0.25) is 0 Å². The first kappa shape index (κ1) is 13.6. The van der Waals surface area contributed by atoms with Crippen molar-refractivity contribution in [3.8, 4) is 5.75 Å². The van der Waals surface area contributed by atoms with Crippen molar-refractivity contribution >= 4 is 27.3 Å². The van der Waals surface area contributed by atoms with E-state index in [-0.39, 0.29) is 6.10 Å². The van der Waals surface area contributed by atoms with Gasteiger partial charge in [0.2, 0.25) is 0 Å². The van der Waals surface area contributed by atoms with E-state index in [1.54, 1.807) is 11.3 Å². The summed E-state index contributed by atoms with van der Waals surface area (Å²) in [5, 5.41) is 9.69. The Bertz CT molecular complexity index is 493. The number of aliphatic hydroxyl groups excluding tert-OH is 1. The van der Waals surface area contributed by atoms with Crippen LogP contribution in [-0.4, -0.2) is 5.11 Å². The van der Waals surface area contributed by atoms with Crippen LogP contribution < -0.4 is 4.74 Å². The molecule has 0 aliphatic heterocycles. The van der Waals surface area contributed by atoms with Crippen LogP contribution in [-0.2, 0) is 6.61 Å². The Morgan fingerprint density at radius 2 is 1.94 bits per heavy atom. The molecule has 0 bridgehead atoms. The van der Waals surface area contributed by atoms with Gasteiger partial charge in [0, 0.05) is 4.88 Å². The second-order valence-electron chi connectivity index (χ2n) is 3.99. The van der Waals surface area contributed by atoms with E-state index in [1.807, 2.05) is 43.3 Å². The summed E-state index contributed by atoms with van der Waals surface area (Å²) in [6, 6.07) is 11.7. The molecule has 4 heteroatoms. The molecule has 1 N–H and O–H groups in total. The first-order chi connectivity index (χ1) is 8.69. The fourth-order valence-corrected chi connectivity index (χ4v) is 3.00. The van der Waals surface area contributed by atoms with Gasteiger partial charge in [0.1, 0.15) is 12.4 Å². The number of aliphatic hydroxyl groups is 1. The molecule has 2 nitrogen and oxygen atoms in total. The Kier molecular flexibility index (Phi) is 4.80. The van der Waals surface area contributed by atoms with E-state index in [1.165, 1.54) is 4.88 Å². The van der Waals surface area contributed by atoms with E-state index in [0.29, 0.717) is 6.61 Å². The van der Waals surface area contributed by atoms with Crippen molar-refractivity contribution in [2.75, 3.05) is 0 Å². The monoisotopic (exact) mass is 326 g/mol. The van der Waals surface area contributed by atoms with E-state index in [2.05, 4.69) is 15.9 Å². The van der Waals surface area contributed by atoms with Gasteiger partial charge in [-0.25, -0.2) is 0 Å². The van der Waals surface area contributed by atoms with Crippen molar-refractivity contribution in [1.82, 2.24) is 0 Å². The number of ether oxygens (including phenoxy) is 1. The molecule has 2 rings (SSSR count). The van der Waals surface area contributed by atoms with Crippen molar-refractivity contribution in [3.05, 3.63) is 50.6 Å². The number of halogens is 1. The number of rotatable bonds is 5. The molecule has 1 aromatic heterocycles. The van der Waals surface area contributed by atoms with Gasteiger partial charge in [0.15, 0.2) is 0 Å². The second-order valence-corrected chi connectivity index (χ2v) is 6.54. The molecule has 2 aromatic rings. The van der Waals surface area contributed by atoms with Gasteiger partial charge in [-0.2, -0.15) is 0 Å². The van der Waals surface area contributed by atoms with E-state index < -0.39 is 0 Å². The van der Waals surface area contributed by atoms with Crippen molar-refractivity contribution in [1.29, 1.82) is 0 Å². The maximum Gasteiger partial charge on any atom is 0.122 e. The normalized spacial score (nSPS) is 12.4. The van der Waals surface area contributed by atoms with Gasteiger partial charge < -0.3 is 9.84 Å². The van der Waals surface area contributed by atoms with Gasteiger partial charge in [0.05, 0.1) is 9.89 Å². The summed E-state index contributed by atoms with van der Waals surface area (Å²) < 4.78 is 6.80. The third-order valence-electron chi connectivity index (χ3n) is 2.66. The topological polar surface area (TPSA) is 29.5 Å². The highest BCUT2D eigenvalue weighted by Crippen LogP contribution is 2.24. The van der Waals surface area contributed by atoms with Gasteiger partial charge in [-0.3, -0.25) is 0 Å². The number of hydrogen-bond acceptors (Lipinski definition) is 3. The Balaban J connectivity index is 1.94. The molecule has 0 saturated heterocycles. The highest BCUT2D eigenvalue weighted by molar-refractivity contribution is 9.11. The molecular weight excluding hydrogens is 312 g/mol. The molecule has 0 unspecified atom stereocenters. The summed E-state index contributed by atoms with van der Waals surface area (Å²) in [5.41, 5.74) is 0.934. The van der Waals surface area contributed by atoms with Gasteiger partial charge in [-0.1, -0.05) is 19.1 Å². The summed E-state index contributed by atoms with van der Waals surface area (Å²) >= 11 is 5.10. The minimum atomic E-state index is -0.382. The maximum absolute atomic E-state index is 9.69. The minimum absolute atomic E-state index is 0.382. The lowest BCUT2D eigenvalue weighted by Gasteiger charge is -2.09. The molecular formula is C14H15BrO2S. The van der Waals surface area contributed by atoms with Gasteiger partial charge >= 0.3 is 0 Å². The molecule has 1 atom stereocenters. The fourth-order valence-electron chi connectivity index (χ4n) is 1.61. The largest absolute Gasteiger partial charge is 0.488 e. The fraction of sp³-hybridized carbons (Fsp3) is 0.286. The molecule has 0 saturated carbocycles. The highest BCUT2D eigenvalue weighted by atomic mass is 79.9. The van der Waals surface area contributed by atoms with Crippen molar-refractivity contribution in [2.45, 2.75) is 26.1 Å². The molecule has 0 amide bonds. The zero-order valence-electron chi connectivity index (χ0n) is 10.1. The predicted octanol–water partition coefficient (Wildman–Crippen LogP) is 4.53. The van der Waals surface area contributed by atoms with E-state index in [9.17, 15) is 5.11 Å². The van der Waals surface area contributed by atoms with Crippen LogP contribution in [0.15, 0.2) is 40.2 Å². The standard InChI is InChI=1S/C14H15BrO2S/c1-2-13(16)10-3-5-11(6-4-10)17-9-12-7-8-14(15)18-12/h3-8,13,16H,2,9H2,1H3/t13-/m0/s1. The van der Waals surface area contributed by atoms with Crippen LogP contribution in [0.4, 0.5) is 0 Å². The molecule has 0 aliphatic rings. The first-order valence-electron chi connectivity index (χ1n) is 5.84. The molecule has 18 heavy (non-hydrogen) atoms. The lowest BCUT2D eigenvalue weighted by atomic mass is 10.1. The molecule has 0 radical (unpaired) electrons. The third kappa shape index (κ3) is 3.57. The zero-order valence-corrected chi connectivity index (χ0v) is 12.5. The second kappa shape index (κ2) is 6.36. The summed E-state index contributed by atoms with van der Waals surface area (Å²) in [6.45, 7) is 2.54. The summed E-state index contributed by atoms with van der Waals surface area (Å²) in [6.07, 6.45) is 0.343. The Morgan fingerprint density at radius 1 is 1.22 bits per heavy atom. The van der Waals surface area contributed by atoms with Crippen LogP contribution in [0.3, 0.4) is 0 Å². The lowest BCUT2D eigenvalue weighted by molar-refractivity contribution is 0.173. The number of thiophene rings is 1. The van der Waals surface area contributed by atoms with Crippen LogP contribution in [0.5, 0.6) is 5.75 Å². The van der Waals surface area contributed by atoms with Crippen LogP contribution in [0.25, 0.3) is 0 Å². The molecule has 1 aromatic carbocycles. The molecule has 0 aliphatic carbocycles. The Morgan fingerprint density at radius 3 is 2.50 bits per heavy atom. The smallest absolute Gasteiger partial charge is 0.122 e. The van der Waals surface area contributed by atoms with Crippen molar-refractivity contribution in [2.24, 2.45) is 0 Å². The predicted molar refractivity (Wildman–Crippen MR) is 78.0 cm³/mol. The lowest BCUT2D eigenvalue weighted by Crippen LogP contribution is -1.96. The Hall–Kier alpha value is -0.840. The molecule has 96 valence electrons. The van der Waals surface area contributed by atoms with E-state index >= 15 is 0 Å². The molecule has 0 spiro atoms. The van der Waals surface area contributed by atoms with E-state index in [0.717, 1.165) is 21.5 Å². The van der Waals surface area contributed by atoms with Gasteiger partial charge in [-0.05, 0) is 52.2 Å². The van der Waals surface area contributed by atoms with Crippen LogP contribution in [0.1, 0.15) is 29.9 Å². The highest BCUT2D eigenvalue weighted by Gasteiger charge is 2.04. The number of hydrogen-bond donors (Lipinski definition) is 1. The summed E-state index contributed by atoms with van der Waals surface area (Å²) in [4.78, 5) is 1.18. The molecule has 0 fully saturated rings. The van der Waals surface area contributed by atoms with Crippen LogP contribution >= 0.6 is 27.3 Å². The summed E-state index contributed by atoms with van der Waals surface area (Å²) in [7, 11) is 0. The van der Waals surface area contributed by atoms with Crippen LogP contribution in [0, 0.1) is 0 Å². The van der Waals surface area contributed by atoms with Crippen molar-refractivity contribution in [3.63, 3.8) is 0 Å². The average molecular weight is 327 g/mol. The maximum atomic E-state index is 9.69. The van der Waals surface area contributed by atoms with Gasteiger partial charge in [0.25, 0.3) is 0 Å². The Labute approximate surface area is 119 Å². The molecule has 1 heterocycles. The summed E-state index contributed by atoms with van der Waals surface area (Å²) in [5.74, 6) is 0.826. The zero-order chi connectivity index (χ0) is 13.0. The first-order valence-corrected chi connectivity index (χ1v) is 7.45. The average Bonchev–Trinajstić information content (AvgIpc) is 2.82. The SMILES string of the molecule is CC[C@H](O)c1ccc(OCc2ccc(Br)s2)cc1. The third-order valence-corrected chi connectivity index (χ3v) is 4.26. The minimum Gasteiger partial charge on any atom is -0.488 e. The number of benzene rings is 1. The van der Waals surface area contributed by atoms with Crippen molar-refractivity contribution < 1.29 is 9.84 Å². The van der Waals surface area contributed by atoms with E-state index in [4.69, 9.17) is 4.74 Å². The quantitative estimate of drug-likeness (QED) is 0.874.